The van der Waals surface area contributed by atoms with Gasteiger partial charge in [-0.25, -0.2) is 4.98 Å². The second kappa shape index (κ2) is 11.1. The van der Waals surface area contributed by atoms with Crippen LogP contribution in [0.1, 0.15) is 38.8 Å². The zero-order valence-corrected chi connectivity index (χ0v) is 20.4. The van der Waals surface area contributed by atoms with Gasteiger partial charge in [0.1, 0.15) is 5.75 Å². The summed E-state index contributed by atoms with van der Waals surface area (Å²) in [5.41, 5.74) is 1.02. The van der Waals surface area contributed by atoms with Crippen LogP contribution in [0.3, 0.4) is 0 Å². The van der Waals surface area contributed by atoms with Crippen LogP contribution < -0.4 is 10.1 Å². The highest BCUT2D eigenvalue weighted by molar-refractivity contribution is 7.13. The zero-order valence-electron chi connectivity index (χ0n) is 19.5. The lowest BCUT2D eigenvalue weighted by Crippen LogP contribution is -2.43. The molecule has 2 saturated heterocycles. The Morgan fingerprint density at radius 3 is 2.52 bits per heavy atom. The molecule has 2 aromatic rings. The van der Waals surface area contributed by atoms with Crippen LogP contribution in [0.2, 0.25) is 0 Å². The summed E-state index contributed by atoms with van der Waals surface area (Å²) >= 11 is 1.49. The molecule has 1 aromatic carbocycles. The largest absolute Gasteiger partial charge is 0.484 e. The highest BCUT2D eigenvalue weighted by atomic mass is 32.1. The van der Waals surface area contributed by atoms with Crippen LogP contribution >= 0.6 is 11.3 Å². The molecule has 3 heterocycles. The molecule has 2 fully saturated rings. The van der Waals surface area contributed by atoms with Gasteiger partial charge < -0.3 is 15.0 Å². The number of anilines is 1. The Bertz CT molecular complexity index is 917. The van der Waals surface area contributed by atoms with Crippen molar-refractivity contribution in [2.45, 2.75) is 39.7 Å². The molecule has 7 nitrogen and oxygen atoms in total. The van der Waals surface area contributed by atoms with Crippen LogP contribution in [-0.4, -0.2) is 59.4 Å². The maximum Gasteiger partial charge on any atom is 0.260 e. The minimum absolute atomic E-state index is 0.00347. The fourth-order valence-electron chi connectivity index (χ4n) is 4.94. The number of para-hydroxylation sites is 1. The standard InChI is InChI=1S/C25H34N4O3S/c1-18-12-19(2)14-28(13-18)15-21-17-33-25(26-21)27-24(31)20-8-10-29(11-9-20)23(30)16-32-22-6-4-3-5-7-22/h3-7,17-20H,8-16H2,1-2H3,(H,26,27,31)/t18-,19-/m1/s1. The molecule has 8 heteroatoms. The van der Waals surface area contributed by atoms with Gasteiger partial charge in [0.15, 0.2) is 11.7 Å². The Morgan fingerprint density at radius 2 is 1.82 bits per heavy atom. The van der Waals surface area contributed by atoms with Gasteiger partial charge in [0.05, 0.1) is 5.69 Å². The molecule has 33 heavy (non-hydrogen) atoms. The Kier molecular flexibility index (Phi) is 7.98. The quantitative estimate of drug-likeness (QED) is 0.665. The average molecular weight is 471 g/mol. The second-order valence-electron chi connectivity index (χ2n) is 9.53. The highest BCUT2D eigenvalue weighted by Crippen LogP contribution is 2.25. The predicted octanol–water partition coefficient (Wildman–Crippen LogP) is 3.88. The van der Waals surface area contributed by atoms with Crippen molar-refractivity contribution >= 4 is 28.3 Å². The molecule has 4 rings (SSSR count). The van der Waals surface area contributed by atoms with Crippen LogP contribution in [0.4, 0.5) is 5.13 Å². The number of amides is 2. The lowest BCUT2D eigenvalue weighted by Gasteiger charge is -2.34. The maximum absolute atomic E-state index is 12.8. The third kappa shape index (κ3) is 6.77. The van der Waals surface area contributed by atoms with Crippen molar-refractivity contribution < 1.29 is 14.3 Å². The second-order valence-corrected chi connectivity index (χ2v) is 10.4. The molecule has 1 aromatic heterocycles. The van der Waals surface area contributed by atoms with Gasteiger partial charge in [0, 0.05) is 44.0 Å². The number of carbonyl (C=O) groups is 2. The van der Waals surface area contributed by atoms with Crippen LogP contribution in [0, 0.1) is 17.8 Å². The zero-order chi connectivity index (χ0) is 23.2. The number of piperidine rings is 2. The van der Waals surface area contributed by atoms with Crippen molar-refractivity contribution in [3.8, 4) is 5.75 Å². The summed E-state index contributed by atoms with van der Waals surface area (Å²) in [5.74, 6) is 1.99. The van der Waals surface area contributed by atoms with E-state index in [-0.39, 0.29) is 24.3 Å². The number of thiazole rings is 1. The van der Waals surface area contributed by atoms with E-state index in [0.717, 1.165) is 25.3 Å². The average Bonchev–Trinajstić information content (AvgIpc) is 3.24. The number of aromatic nitrogens is 1. The first-order valence-corrected chi connectivity index (χ1v) is 12.8. The van der Waals surface area contributed by atoms with Gasteiger partial charge in [-0.15, -0.1) is 11.3 Å². The number of hydrogen-bond acceptors (Lipinski definition) is 6. The monoisotopic (exact) mass is 470 g/mol. The van der Waals surface area contributed by atoms with E-state index in [1.807, 2.05) is 35.7 Å². The molecular weight excluding hydrogens is 436 g/mol. The molecule has 178 valence electrons. The van der Waals surface area contributed by atoms with Crippen LogP contribution in [0.15, 0.2) is 35.7 Å². The smallest absolute Gasteiger partial charge is 0.260 e. The van der Waals surface area contributed by atoms with Crippen molar-refractivity contribution in [1.29, 1.82) is 0 Å². The van der Waals surface area contributed by atoms with E-state index < -0.39 is 0 Å². The van der Waals surface area contributed by atoms with Gasteiger partial charge >= 0.3 is 0 Å². The Morgan fingerprint density at radius 1 is 1.12 bits per heavy atom. The van der Waals surface area contributed by atoms with Crippen molar-refractivity contribution in [3.63, 3.8) is 0 Å². The van der Waals surface area contributed by atoms with Gasteiger partial charge in [-0.1, -0.05) is 32.0 Å². The molecule has 2 aliphatic rings. The number of nitrogens with one attached hydrogen (secondary N) is 1. The molecule has 2 atom stereocenters. The predicted molar refractivity (Wildman–Crippen MR) is 130 cm³/mol. The molecule has 0 radical (unpaired) electrons. The summed E-state index contributed by atoms with van der Waals surface area (Å²) in [7, 11) is 0. The summed E-state index contributed by atoms with van der Waals surface area (Å²) < 4.78 is 5.56. The minimum atomic E-state index is -0.0970. The first-order chi connectivity index (χ1) is 16.0. The number of carbonyl (C=O) groups excluding carboxylic acids is 2. The normalized spacial score (nSPS) is 22.2. The van der Waals surface area contributed by atoms with Crippen LogP contribution in [0.5, 0.6) is 5.75 Å². The first kappa shape index (κ1) is 23.7. The summed E-state index contributed by atoms with van der Waals surface area (Å²) in [5, 5.41) is 5.72. The molecule has 2 amide bonds. The van der Waals surface area contributed by atoms with Gasteiger partial charge in [0.2, 0.25) is 5.91 Å². The first-order valence-electron chi connectivity index (χ1n) is 11.9. The number of rotatable bonds is 7. The molecule has 0 bridgehead atoms. The third-order valence-corrected chi connectivity index (χ3v) is 7.24. The van der Waals surface area contributed by atoms with E-state index in [0.29, 0.717) is 48.6 Å². The van der Waals surface area contributed by atoms with Crippen LogP contribution in [-0.2, 0) is 16.1 Å². The van der Waals surface area contributed by atoms with Gasteiger partial charge in [-0.2, -0.15) is 0 Å². The molecule has 0 unspecified atom stereocenters. The molecule has 1 N–H and O–H groups in total. The number of benzene rings is 1. The van der Waals surface area contributed by atoms with E-state index >= 15 is 0 Å². The molecule has 0 aliphatic carbocycles. The highest BCUT2D eigenvalue weighted by Gasteiger charge is 2.28. The van der Waals surface area contributed by atoms with Crippen LogP contribution in [0.25, 0.3) is 0 Å². The maximum atomic E-state index is 12.8. The molecular formula is C25H34N4O3S. The summed E-state index contributed by atoms with van der Waals surface area (Å²) in [6, 6.07) is 9.34. The van der Waals surface area contributed by atoms with Gasteiger partial charge in [0.25, 0.3) is 5.91 Å². The van der Waals surface area contributed by atoms with E-state index in [1.54, 1.807) is 4.90 Å². The molecule has 2 aliphatic heterocycles. The number of likely N-dealkylation sites (tertiary alicyclic amines) is 2. The number of ether oxygens (including phenoxy) is 1. The van der Waals surface area contributed by atoms with Crippen molar-refractivity contribution in [2.75, 3.05) is 38.1 Å². The summed E-state index contributed by atoms with van der Waals surface area (Å²) in [6.45, 7) is 8.85. The minimum Gasteiger partial charge on any atom is -0.484 e. The van der Waals surface area contributed by atoms with Crippen molar-refractivity contribution in [3.05, 3.63) is 41.4 Å². The number of nitrogens with zero attached hydrogens (tertiary/aromatic N) is 3. The Labute approximate surface area is 200 Å². The van der Waals surface area contributed by atoms with Gasteiger partial charge in [-0.05, 0) is 43.2 Å². The lowest BCUT2D eigenvalue weighted by molar-refractivity contribution is -0.136. The van der Waals surface area contributed by atoms with E-state index in [2.05, 4.69) is 29.0 Å². The fourth-order valence-corrected chi connectivity index (χ4v) is 5.64. The summed E-state index contributed by atoms with van der Waals surface area (Å²) in [4.78, 5) is 34.1. The summed E-state index contributed by atoms with van der Waals surface area (Å²) in [6.07, 6.45) is 2.61. The van der Waals surface area contributed by atoms with E-state index in [9.17, 15) is 9.59 Å². The fraction of sp³-hybridized carbons (Fsp3) is 0.560. The molecule has 0 spiro atoms. The number of hydrogen-bond donors (Lipinski definition) is 1. The van der Waals surface area contributed by atoms with E-state index in [4.69, 9.17) is 4.74 Å². The topological polar surface area (TPSA) is 74.8 Å². The van der Waals surface area contributed by atoms with E-state index in [1.165, 1.54) is 17.8 Å². The van der Waals surface area contributed by atoms with Crippen molar-refractivity contribution in [2.24, 2.45) is 17.8 Å². The Hall–Kier alpha value is -2.45. The van der Waals surface area contributed by atoms with Crippen molar-refractivity contribution in [1.82, 2.24) is 14.8 Å². The SMILES string of the molecule is C[C@@H]1C[C@@H](C)CN(Cc2csc(NC(=O)C3CCN(C(=O)COc4ccccc4)CC3)n2)C1. The Balaban J connectivity index is 1.20. The third-order valence-electron chi connectivity index (χ3n) is 6.44. The lowest BCUT2D eigenvalue weighted by atomic mass is 9.92. The van der Waals surface area contributed by atoms with Gasteiger partial charge in [-0.3, -0.25) is 14.5 Å². The molecule has 0 saturated carbocycles.